The molecule has 1 saturated heterocycles. The minimum atomic E-state index is -0.473. The maximum Gasteiger partial charge on any atom is 0.410 e. The summed E-state index contributed by atoms with van der Waals surface area (Å²) in [5, 5.41) is 3.00. The van der Waals surface area contributed by atoms with Crippen molar-refractivity contribution in [3.05, 3.63) is 24.2 Å². The Hall–Kier alpha value is -1.98. The van der Waals surface area contributed by atoms with Gasteiger partial charge in [0.05, 0.1) is 18.9 Å². The van der Waals surface area contributed by atoms with Crippen molar-refractivity contribution in [1.29, 1.82) is 0 Å². The van der Waals surface area contributed by atoms with Crippen LogP contribution in [0.4, 0.5) is 4.79 Å². The molecule has 1 aliphatic rings. The Bertz CT molecular complexity index is 552. The molecule has 2 amide bonds. The zero-order valence-corrected chi connectivity index (χ0v) is 15.1. The summed E-state index contributed by atoms with van der Waals surface area (Å²) in [4.78, 5) is 25.8. The van der Waals surface area contributed by atoms with Crippen molar-refractivity contribution in [3.8, 4) is 0 Å². The first-order valence-corrected chi connectivity index (χ1v) is 8.43. The molecule has 2 heterocycles. The lowest BCUT2D eigenvalue weighted by Crippen LogP contribution is -2.48. The molecular formula is C18H28N2O4. The van der Waals surface area contributed by atoms with Gasteiger partial charge in [0, 0.05) is 19.6 Å². The van der Waals surface area contributed by atoms with E-state index in [1.807, 2.05) is 20.8 Å². The van der Waals surface area contributed by atoms with Gasteiger partial charge in [-0.25, -0.2) is 4.79 Å². The van der Waals surface area contributed by atoms with Crippen LogP contribution in [0.25, 0.3) is 0 Å². The van der Waals surface area contributed by atoms with E-state index in [4.69, 9.17) is 9.15 Å². The number of likely N-dealkylation sites (tertiary alicyclic amines) is 1. The number of ether oxygens (including phenoxy) is 1. The molecule has 1 N–H and O–H groups in total. The first-order chi connectivity index (χ1) is 11.2. The lowest BCUT2D eigenvalue weighted by molar-refractivity contribution is -0.121. The second kappa shape index (κ2) is 7.28. The molecule has 6 heteroatoms. The number of hydrogen-bond acceptors (Lipinski definition) is 4. The fraction of sp³-hybridized carbons (Fsp3) is 0.667. The maximum atomic E-state index is 12.1. The zero-order valence-electron chi connectivity index (χ0n) is 15.1. The van der Waals surface area contributed by atoms with Crippen molar-refractivity contribution in [3.63, 3.8) is 0 Å². The van der Waals surface area contributed by atoms with Crippen LogP contribution < -0.4 is 5.32 Å². The number of nitrogens with zero attached hydrogens (tertiary/aromatic N) is 1. The lowest BCUT2D eigenvalue weighted by Gasteiger charge is -2.39. The van der Waals surface area contributed by atoms with Crippen molar-refractivity contribution in [1.82, 2.24) is 10.2 Å². The van der Waals surface area contributed by atoms with Crippen molar-refractivity contribution in [2.45, 2.75) is 52.6 Å². The summed E-state index contributed by atoms with van der Waals surface area (Å²) in [6, 6.07) is 1.79. The van der Waals surface area contributed by atoms with E-state index in [-0.39, 0.29) is 17.4 Å². The number of nitrogens with one attached hydrogen (secondary N) is 1. The second-order valence-electron chi connectivity index (χ2n) is 7.86. The highest BCUT2D eigenvalue weighted by atomic mass is 16.6. The number of piperidine rings is 1. The molecule has 0 radical (unpaired) electrons. The standard InChI is InChI=1S/C18H28N2O4/c1-17(2,3)24-16(22)20-8-6-18(4,7-9-20)13-19-15(21)11-14-5-10-23-12-14/h5,10,12H,6-9,11,13H2,1-4H3,(H,19,21). The predicted octanol–water partition coefficient (Wildman–Crippen LogP) is 2.98. The molecular weight excluding hydrogens is 308 g/mol. The molecule has 6 nitrogen and oxygen atoms in total. The molecule has 0 spiro atoms. The van der Waals surface area contributed by atoms with E-state index >= 15 is 0 Å². The van der Waals surface area contributed by atoms with Crippen LogP contribution in [0.5, 0.6) is 0 Å². The largest absolute Gasteiger partial charge is 0.472 e. The van der Waals surface area contributed by atoms with Gasteiger partial charge in [0.2, 0.25) is 5.91 Å². The van der Waals surface area contributed by atoms with Gasteiger partial charge in [-0.3, -0.25) is 4.79 Å². The third-order valence-corrected chi connectivity index (χ3v) is 4.28. The van der Waals surface area contributed by atoms with Gasteiger partial charge in [0.1, 0.15) is 5.60 Å². The lowest BCUT2D eigenvalue weighted by atomic mass is 9.80. The number of furan rings is 1. The normalized spacial score (nSPS) is 17.4. The van der Waals surface area contributed by atoms with Crippen LogP contribution in [-0.4, -0.2) is 42.1 Å². The van der Waals surface area contributed by atoms with Gasteiger partial charge in [-0.15, -0.1) is 0 Å². The number of carbonyl (C=O) groups is 2. The molecule has 0 saturated carbocycles. The van der Waals surface area contributed by atoms with Crippen molar-refractivity contribution < 1.29 is 18.7 Å². The Morgan fingerprint density at radius 2 is 2.00 bits per heavy atom. The number of hydrogen-bond donors (Lipinski definition) is 1. The number of amides is 2. The second-order valence-corrected chi connectivity index (χ2v) is 7.86. The summed E-state index contributed by atoms with van der Waals surface area (Å²) in [7, 11) is 0. The summed E-state index contributed by atoms with van der Waals surface area (Å²) in [6.45, 7) is 9.69. The predicted molar refractivity (Wildman–Crippen MR) is 90.6 cm³/mol. The van der Waals surface area contributed by atoms with Crippen LogP contribution in [0.15, 0.2) is 23.0 Å². The molecule has 0 aromatic carbocycles. The van der Waals surface area contributed by atoms with Crippen LogP contribution in [0.2, 0.25) is 0 Å². The van der Waals surface area contributed by atoms with Gasteiger partial charge in [0.25, 0.3) is 0 Å². The quantitative estimate of drug-likeness (QED) is 0.917. The monoisotopic (exact) mass is 336 g/mol. The first-order valence-electron chi connectivity index (χ1n) is 8.43. The summed E-state index contributed by atoms with van der Waals surface area (Å²) >= 11 is 0. The van der Waals surface area contributed by atoms with E-state index in [0.717, 1.165) is 18.4 Å². The molecule has 24 heavy (non-hydrogen) atoms. The summed E-state index contributed by atoms with van der Waals surface area (Å²) in [5.74, 6) is -0.00723. The highest BCUT2D eigenvalue weighted by Gasteiger charge is 2.33. The molecule has 0 atom stereocenters. The third-order valence-electron chi connectivity index (χ3n) is 4.28. The van der Waals surface area contributed by atoms with Crippen molar-refractivity contribution in [2.75, 3.05) is 19.6 Å². The zero-order chi connectivity index (χ0) is 17.8. The van der Waals surface area contributed by atoms with Gasteiger partial charge in [0.15, 0.2) is 0 Å². The van der Waals surface area contributed by atoms with Crippen molar-refractivity contribution >= 4 is 12.0 Å². The topological polar surface area (TPSA) is 71.8 Å². The summed E-state index contributed by atoms with van der Waals surface area (Å²) in [5.41, 5.74) is 0.404. The molecule has 1 fully saturated rings. The molecule has 1 aliphatic heterocycles. The summed E-state index contributed by atoms with van der Waals surface area (Å²) in [6.07, 6.45) is 4.91. The van der Waals surface area contributed by atoms with E-state index in [9.17, 15) is 9.59 Å². The highest BCUT2D eigenvalue weighted by Crippen LogP contribution is 2.30. The van der Waals surface area contributed by atoms with Gasteiger partial charge >= 0.3 is 6.09 Å². The van der Waals surface area contributed by atoms with Crippen LogP contribution in [0, 0.1) is 5.41 Å². The van der Waals surface area contributed by atoms with E-state index in [1.165, 1.54) is 0 Å². The van der Waals surface area contributed by atoms with E-state index in [1.54, 1.807) is 23.5 Å². The maximum absolute atomic E-state index is 12.1. The minimum Gasteiger partial charge on any atom is -0.472 e. The summed E-state index contributed by atoms with van der Waals surface area (Å²) < 4.78 is 10.4. The van der Waals surface area contributed by atoms with E-state index in [2.05, 4.69) is 12.2 Å². The Morgan fingerprint density at radius 1 is 1.33 bits per heavy atom. The van der Waals surface area contributed by atoms with Gasteiger partial charge in [-0.05, 0) is 50.7 Å². The van der Waals surface area contributed by atoms with Crippen LogP contribution in [-0.2, 0) is 16.0 Å². The smallest absolute Gasteiger partial charge is 0.410 e. The van der Waals surface area contributed by atoms with Crippen LogP contribution in [0.3, 0.4) is 0 Å². The van der Waals surface area contributed by atoms with E-state index < -0.39 is 5.60 Å². The Balaban J connectivity index is 1.75. The average Bonchev–Trinajstić information content (AvgIpc) is 2.97. The van der Waals surface area contributed by atoms with Crippen molar-refractivity contribution in [2.24, 2.45) is 5.41 Å². The van der Waals surface area contributed by atoms with Gasteiger partial charge in [-0.2, -0.15) is 0 Å². The number of rotatable bonds is 4. The first kappa shape index (κ1) is 18.4. The molecule has 0 aliphatic carbocycles. The molecule has 0 bridgehead atoms. The van der Waals surface area contributed by atoms with Gasteiger partial charge in [-0.1, -0.05) is 6.92 Å². The molecule has 134 valence electrons. The molecule has 0 unspecified atom stereocenters. The van der Waals surface area contributed by atoms with Crippen LogP contribution in [0.1, 0.15) is 46.1 Å². The Morgan fingerprint density at radius 3 is 2.54 bits per heavy atom. The SMILES string of the molecule is CC1(CNC(=O)Cc2ccoc2)CCN(C(=O)OC(C)(C)C)CC1. The average molecular weight is 336 g/mol. The third kappa shape index (κ3) is 5.58. The van der Waals surface area contributed by atoms with Gasteiger partial charge < -0.3 is 19.4 Å². The Labute approximate surface area is 143 Å². The number of carbonyl (C=O) groups excluding carboxylic acids is 2. The molecule has 2 rings (SSSR count). The van der Waals surface area contributed by atoms with E-state index in [0.29, 0.717) is 26.1 Å². The minimum absolute atomic E-state index is 0.00453. The van der Waals surface area contributed by atoms with Crippen LogP contribution >= 0.6 is 0 Å². The fourth-order valence-electron chi connectivity index (χ4n) is 2.69. The molecule has 1 aromatic heterocycles. The highest BCUT2D eigenvalue weighted by molar-refractivity contribution is 5.78. The Kier molecular flexibility index (Phi) is 5.57. The molecule has 1 aromatic rings. The fourth-order valence-corrected chi connectivity index (χ4v) is 2.69.